The Balaban J connectivity index is 3.43. The molecule has 0 spiro atoms. The lowest BCUT2D eigenvalue weighted by Crippen LogP contribution is -1.96. The molecule has 0 aromatic heterocycles. The van der Waals surface area contributed by atoms with E-state index in [1.54, 1.807) is 6.92 Å². The first kappa shape index (κ1) is 10.7. The minimum absolute atomic E-state index is 0.0623. The quantitative estimate of drug-likeness (QED) is 0.393. The van der Waals surface area contributed by atoms with Gasteiger partial charge in [-0.15, -0.1) is 0 Å². The summed E-state index contributed by atoms with van der Waals surface area (Å²) < 4.78 is 2.74. The largest absolute Gasteiger partial charge is 0.294 e. The Hall–Kier alpha value is 0.580. The van der Waals surface area contributed by atoms with Gasteiger partial charge >= 0.3 is 0 Å². The summed E-state index contributed by atoms with van der Waals surface area (Å²) in [7, 11) is 0. The van der Waals surface area contributed by atoms with Crippen LogP contribution in [0, 0.1) is 3.57 Å². The standard InChI is InChI=1S/C8H5Br2IO/c1-4(12)7-5(9)2-3-6(11)8(7)10/h2-3H,1H3. The fraction of sp³-hybridized carbons (Fsp3) is 0.125. The molecule has 0 N–H and O–H groups in total. The fourth-order valence-corrected chi connectivity index (χ4v) is 2.80. The SMILES string of the molecule is CC(=O)c1c(Br)ccc(I)c1Br. The van der Waals surface area contributed by atoms with E-state index in [1.807, 2.05) is 12.1 Å². The Morgan fingerprint density at radius 2 is 2.00 bits per heavy atom. The number of ketones is 1. The highest BCUT2D eigenvalue weighted by Crippen LogP contribution is 2.29. The summed E-state index contributed by atoms with van der Waals surface area (Å²) in [4.78, 5) is 11.2. The molecule has 0 fully saturated rings. The van der Waals surface area contributed by atoms with Gasteiger partial charge in [-0.25, -0.2) is 0 Å². The first-order chi connectivity index (χ1) is 5.54. The van der Waals surface area contributed by atoms with E-state index in [-0.39, 0.29) is 5.78 Å². The normalized spacial score (nSPS) is 10.0. The highest BCUT2D eigenvalue weighted by molar-refractivity contribution is 14.1. The second kappa shape index (κ2) is 4.19. The van der Waals surface area contributed by atoms with Crippen LogP contribution in [0.2, 0.25) is 0 Å². The van der Waals surface area contributed by atoms with Gasteiger partial charge in [-0.05, 0) is 57.6 Å². The fourth-order valence-electron chi connectivity index (χ4n) is 0.850. The van der Waals surface area contributed by atoms with Gasteiger partial charge in [0.15, 0.2) is 5.78 Å². The van der Waals surface area contributed by atoms with Crippen LogP contribution < -0.4 is 0 Å². The van der Waals surface area contributed by atoms with Crippen molar-refractivity contribution in [3.63, 3.8) is 0 Å². The molecule has 1 aromatic rings. The van der Waals surface area contributed by atoms with Crippen LogP contribution in [0.5, 0.6) is 0 Å². The zero-order valence-electron chi connectivity index (χ0n) is 6.20. The van der Waals surface area contributed by atoms with Crippen LogP contribution in [0.1, 0.15) is 17.3 Å². The zero-order chi connectivity index (χ0) is 9.30. The van der Waals surface area contributed by atoms with Crippen molar-refractivity contribution in [3.8, 4) is 0 Å². The van der Waals surface area contributed by atoms with Gasteiger partial charge in [-0.1, -0.05) is 15.9 Å². The van der Waals surface area contributed by atoms with E-state index >= 15 is 0 Å². The first-order valence-electron chi connectivity index (χ1n) is 3.18. The van der Waals surface area contributed by atoms with E-state index in [1.165, 1.54) is 0 Å². The number of hydrogen-bond donors (Lipinski definition) is 0. The maximum atomic E-state index is 11.2. The monoisotopic (exact) mass is 402 g/mol. The molecule has 1 rings (SSSR count). The molecule has 0 aliphatic heterocycles. The topological polar surface area (TPSA) is 17.1 Å². The lowest BCUT2D eigenvalue weighted by atomic mass is 10.2. The van der Waals surface area contributed by atoms with Crippen LogP contribution in [0.25, 0.3) is 0 Å². The molecule has 12 heavy (non-hydrogen) atoms. The molecular formula is C8H5Br2IO. The van der Waals surface area contributed by atoms with Gasteiger partial charge in [0, 0.05) is 18.1 Å². The van der Waals surface area contributed by atoms with Crippen molar-refractivity contribution >= 4 is 60.2 Å². The van der Waals surface area contributed by atoms with Crippen LogP contribution >= 0.6 is 54.5 Å². The molecule has 64 valence electrons. The van der Waals surface area contributed by atoms with E-state index < -0.39 is 0 Å². The third kappa shape index (κ3) is 2.09. The number of halogens is 3. The maximum absolute atomic E-state index is 11.2. The Kier molecular flexibility index (Phi) is 3.73. The average Bonchev–Trinajstić information content (AvgIpc) is 1.97. The predicted molar refractivity (Wildman–Crippen MR) is 64.6 cm³/mol. The summed E-state index contributed by atoms with van der Waals surface area (Å²) in [6.07, 6.45) is 0. The molecular weight excluding hydrogens is 399 g/mol. The molecule has 1 aromatic carbocycles. The van der Waals surface area contributed by atoms with Gasteiger partial charge in [0.1, 0.15) is 0 Å². The highest BCUT2D eigenvalue weighted by Gasteiger charge is 2.11. The Morgan fingerprint density at radius 3 is 2.42 bits per heavy atom. The lowest BCUT2D eigenvalue weighted by molar-refractivity contribution is 0.101. The van der Waals surface area contributed by atoms with Crippen LogP contribution in [-0.2, 0) is 0 Å². The van der Waals surface area contributed by atoms with Gasteiger partial charge in [0.25, 0.3) is 0 Å². The number of carbonyl (C=O) groups excluding carboxylic acids is 1. The average molecular weight is 404 g/mol. The Labute approximate surface area is 101 Å². The van der Waals surface area contributed by atoms with Crippen LogP contribution in [0.15, 0.2) is 21.1 Å². The zero-order valence-corrected chi connectivity index (χ0v) is 11.5. The van der Waals surface area contributed by atoms with Gasteiger partial charge in [0.2, 0.25) is 0 Å². The molecule has 0 radical (unpaired) electrons. The first-order valence-corrected chi connectivity index (χ1v) is 5.85. The molecule has 0 atom stereocenters. The summed E-state index contributed by atoms with van der Waals surface area (Å²) in [5, 5.41) is 0. The molecule has 0 aliphatic carbocycles. The number of rotatable bonds is 1. The Morgan fingerprint density at radius 1 is 1.42 bits per heavy atom. The van der Waals surface area contributed by atoms with Gasteiger partial charge < -0.3 is 0 Å². The summed E-state index contributed by atoms with van der Waals surface area (Å²) in [6, 6.07) is 3.82. The molecule has 4 heteroatoms. The lowest BCUT2D eigenvalue weighted by Gasteiger charge is -2.04. The number of benzene rings is 1. The summed E-state index contributed by atoms with van der Waals surface area (Å²) >= 11 is 8.88. The Bertz CT molecular complexity index is 336. The van der Waals surface area contributed by atoms with Crippen molar-refractivity contribution in [2.24, 2.45) is 0 Å². The van der Waals surface area contributed by atoms with Crippen LogP contribution in [0.3, 0.4) is 0 Å². The van der Waals surface area contributed by atoms with Gasteiger partial charge in [0.05, 0.1) is 0 Å². The molecule has 0 saturated heterocycles. The van der Waals surface area contributed by atoms with Gasteiger partial charge in [-0.2, -0.15) is 0 Å². The third-order valence-electron chi connectivity index (χ3n) is 1.40. The van der Waals surface area contributed by atoms with Crippen molar-refractivity contribution < 1.29 is 4.79 Å². The molecule has 0 heterocycles. The van der Waals surface area contributed by atoms with Gasteiger partial charge in [-0.3, -0.25) is 4.79 Å². The van der Waals surface area contributed by atoms with Crippen LogP contribution in [-0.4, -0.2) is 5.78 Å². The van der Waals surface area contributed by atoms with Crippen LogP contribution in [0.4, 0.5) is 0 Å². The maximum Gasteiger partial charge on any atom is 0.162 e. The summed E-state index contributed by atoms with van der Waals surface area (Å²) in [5.41, 5.74) is 0.710. The van der Waals surface area contributed by atoms with E-state index in [0.29, 0.717) is 5.56 Å². The minimum Gasteiger partial charge on any atom is -0.294 e. The minimum atomic E-state index is 0.0623. The molecule has 0 amide bonds. The van der Waals surface area contributed by atoms with E-state index in [9.17, 15) is 4.79 Å². The van der Waals surface area contributed by atoms with Crippen molar-refractivity contribution in [3.05, 3.63) is 30.2 Å². The number of hydrogen-bond acceptors (Lipinski definition) is 1. The number of Topliss-reactive ketones (excluding diaryl/α,β-unsaturated/α-hetero) is 1. The molecule has 0 aliphatic rings. The molecule has 0 saturated carbocycles. The summed E-state index contributed by atoms with van der Waals surface area (Å²) in [6.45, 7) is 1.56. The number of carbonyl (C=O) groups is 1. The smallest absolute Gasteiger partial charge is 0.162 e. The second-order valence-corrected chi connectivity index (χ2v) is 5.08. The van der Waals surface area contributed by atoms with E-state index in [2.05, 4.69) is 54.5 Å². The highest BCUT2D eigenvalue weighted by atomic mass is 127. The summed E-state index contributed by atoms with van der Waals surface area (Å²) in [5.74, 6) is 0.0623. The van der Waals surface area contributed by atoms with E-state index in [0.717, 1.165) is 12.5 Å². The van der Waals surface area contributed by atoms with Crippen molar-refractivity contribution in [2.45, 2.75) is 6.92 Å². The van der Waals surface area contributed by atoms with E-state index in [4.69, 9.17) is 0 Å². The predicted octanol–water partition coefficient (Wildman–Crippen LogP) is 4.02. The molecule has 0 bridgehead atoms. The van der Waals surface area contributed by atoms with Crippen molar-refractivity contribution in [1.29, 1.82) is 0 Å². The van der Waals surface area contributed by atoms with Crippen molar-refractivity contribution in [2.75, 3.05) is 0 Å². The van der Waals surface area contributed by atoms with Crippen molar-refractivity contribution in [1.82, 2.24) is 0 Å². The second-order valence-electron chi connectivity index (χ2n) is 2.27. The molecule has 0 unspecified atom stereocenters. The molecule has 1 nitrogen and oxygen atoms in total. The third-order valence-corrected chi connectivity index (χ3v) is 4.52.